The van der Waals surface area contributed by atoms with Crippen LogP contribution in [0.4, 0.5) is 0 Å². The van der Waals surface area contributed by atoms with Crippen molar-refractivity contribution in [3.8, 4) is 0 Å². The maximum absolute atomic E-state index is 12.8. The van der Waals surface area contributed by atoms with Gasteiger partial charge in [-0.1, -0.05) is 29.3 Å². The lowest BCUT2D eigenvalue weighted by atomic mass is 9.99. The third-order valence-electron chi connectivity index (χ3n) is 4.47. The van der Waals surface area contributed by atoms with Crippen LogP contribution in [0, 0.1) is 5.92 Å². The smallest absolute Gasteiger partial charge is 0.224 e. The lowest BCUT2D eigenvalue weighted by Crippen LogP contribution is -2.46. The number of ether oxygens (including phenoxy) is 1. The molecule has 0 spiro atoms. The number of piperidine rings is 1. The Hall–Kier alpha value is -0.860. The van der Waals surface area contributed by atoms with Crippen LogP contribution in [0.15, 0.2) is 18.2 Å². The first-order chi connectivity index (χ1) is 12.8. The number of nitrogens with one attached hydrogen (secondary N) is 1. The summed E-state index contributed by atoms with van der Waals surface area (Å²) in [6.45, 7) is 4.33. The van der Waals surface area contributed by atoms with E-state index in [1.54, 1.807) is 12.1 Å². The predicted molar refractivity (Wildman–Crippen MR) is 108 cm³/mol. The molecule has 0 aliphatic carbocycles. The van der Waals surface area contributed by atoms with Crippen LogP contribution in [0.5, 0.6) is 0 Å². The van der Waals surface area contributed by atoms with Crippen LogP contribution in [-0.4, -0.2) is 51.5 Å². The van der Waals surface area contributed by atoms with Crippen molar-refractivity contribution < 1.29 is 17.9 Å². The third kappa shape index (κ3) is 6.91. The molecule has 0 bridgehead atoms. The Labute approximate surface area is 171 Å². The van der Waals surface area contributed by atoms with Gasteiger partial charge in [0.05, 0.1) is 11.7 Å². The molecule has 0 radical (unpaired) electrons. The average Bonchev–Trinajstić information content (AvgIpc) is 2.64. The predicted octanol–water partition coefficient (Wildman–Crippen LogP) is 3.08. The topological polar surface area (TPSA) is 75.7 Å². The quantitative estimate of drug-likeness (QED) is 0.603. The van der Waals surface area contributed by atoms with Crippen LogP contribution in [0.1, 0.15) is 31.7 Å². The van der Waals surface area contributed by atoms with E-state index in [9.17, 15) is 13.2 Å². The van der Waals surface area contributed by atoms with Gasteiger partial charge in [-0.25, -0.2) is 12.7 Å². The van der Waals surface area contributed by atoms with Gasteiger partial charge in [-0.3, -0.25) is 4.79 Å². The Morgan fingerprint density at radius 1 is 1.37 bits per heavy atom. The highest BCUT2D eigenvalue weighted by Crippen LogP contribution is 2.26. The molecule has 1 aliphatic rings. The van der Waals surface area contributed by atoms with Crippen LogP contribution in [0.2, 0.25) is 10.0 Å². The first-order valence-corrected chi connectivity index (χ1v) is 11.5. The molecular weight excluding hydrogens is 411 g/mol. The number of carbonyl (C=O) groups is 1. The molecule has 1 saturated heterocycles. The highest BCUT2D eigenvalue weighted by Gasteiger charge is 2.32. The zero-order chi connectivity index (χ0) is 19.9. The molecule has 1 aromatic rings. The molecule has 0 aromatic heterocycles. The number of hydrogen-bond donors (Lipinski definition) is 1. The Bertz CT molecular complexity index is 743. The molecule has 1 heterocycles. The van der Waals surface area contributed by atoms with Crippen molar-refractivity contribution in [1.82, 2.24) is 9.62 Å². The van der Waals surface area contributed by atoms with Gasteiger partial charge in [-0.2, -0.15) is 0 Å². The van der Waals surface area contributed by atoms with Gasteiger partial charge in [0.25, 0.3) is 0 Å². The molecule has 1 fully saturated rings. The average molecular weight is 437 g/mol. The minimum absolute atomic E-state index is 0.101. The minimum Gasteiger partial charge on any atom is -0.382 e. The summed E-state index contributed by atoms with van der Waals surface area (Å²) in [6.07, 6.45) is 2.08. The number of sulfonamides is 1. The largest absolute Gasteiger partial charge is 0.382 e. The van der Waals surface area contributed by atoms with E-state index in [0.717, 1.165) is 6.42 Å². The monoisotopic (exact) mass is 436 g/mol. The second-order valence-electron chi connectivity index (χ2n) is 6.53. The van der Waals surface area contributed by atoms with Crippen molar-refractivity contribution in [3.63, 3.8) is 0 Å². The number of halogens is 2. The lowest BCUT2D eigenvalue weighted by Gasteiger charge is -2.31. The standard InChI is InChI=1S/C18H26Cl2N2O4S/c1-2-26-10-4-8-21-18(23)14-5-3-9-22(12-14)27(24,25)13-15-6-7-16(19)11-17(15)20/h6-7,11,14H,2-5,8-10,12-13H2,1H3,(H,21,23). The summed E-state index contributed by atoms with van der Waals surface area (Å²) < 4.78 is 32.2. The molecule has 6 nitrogen and oxygen atoms in total. The fourth-order valence-electron chi connectivity index (χ4n) is 3.01. The summed E-state index contributed by atoms with van der Waals surface area (Å²) >= 11 is 12.0. The van der Waals surface area contributed by atoms with Crippen molar-refractivity contribution in [1.29, 1.82) is 0 Å². The van der Waals surface area contributed by atoms with Crippen LogP contribution < -0.4 is 5.32 Å². The van der Waals surface area contributed by atoms with Gasteiger partial charge in [0.15, 0.2) is 0 Å². The zero-order valence-corrected chi connectivity index (χ0v) is 17.7. The molecule has 1 atom stereocenters. The Morgan fingerprint density at radius 2 is 2.15 bits per heavy atom. The molecular formula is C18H26Cl2N2O4S. The van der Waals surface area contributed by atoms with Gasteiger partial charge in [-0.15, -0.1) is 0 Å². The van der Waals surface area contributed by atoms with E-state index >= 15 is 0 Å². The molecule has 9 heteroatoms. The van der Waals surface area contributed by atoms with E-state index < -0.39 is 10.0 Å². The van der Waals surface area contributed by atoms with Gasteiger partial charge in [0.2, 0.25) is 15.9 Å². The van der Waals surface area contributed by atoms with Gasteiger partial charge in [0.1, 0.15) is 0 Å². The number of hydrogen-bond acceptors (Lipinski definition) is 4. The number of nitrogens with zero attached hydrogens (tertiary/aromatic N) is 1. The second kappa shape index (κ2) is 10.6. The fraction of sp³-hybridized carbons (Fsp3) is 0.611. The summed E-state index contributed by atoms with van der Waals surface area (Å²) in [4.78, 5) is 12.3. The van der Waals surface area contributed by atoms with Gasteiger partial charge < -0.3 is 10.1 Å². The van der Waals surface area contributed by atoms with E-state index in [1.807, 2.05) is 6.92 Å². The maximum Gasteiger partial charge on any atom is 0.224 e. The first kappa shape index (κ1) is 22.4. The van der Waals surface area contributed by atoms with Crippen molar-refractivity contribution in [2.45, 2.75) is 31.9 Å². The molecule has 1 aromatic carbocycles. The number of amides is 1. The molecule has 152 valence electrons. The van der Waals surface area contributed by atoms with Crippen LogP contribution >= 0.6 is 23.2 Å². The number of benzene rings is 1. The summed E-state index contributed by atoms with van der Waals surface area (Å²) in [6, 6.07) is 4.77. The van der Waals surface area contributed by atoms with Crippen LogP contribution in [0.25, 0.3) is 0 Å². The van der Waals surface area contributed by atoms with Gasteiger partial charge in [0, 0.05) is 42.9 Å². The molecule has 27 heavy (non-hydrogen) atoms. The van der Waals surface area contributed by atoms with Gasteiger partial charge in [-0.05, 0) is 43.9 Å². The summed E-state index contributed by atoms with van der Waals surface area (Å²) in [5.41, 5.74) is 0.503. The first-order valence-electron chi connectivity index (χ1n) is 9.10. The van der Waals surface area contributed by atoms with E-state index in [-0.39, 0.29) is 24.1 Å². The Kier molecular flexibility index (Phi) is 8.82. The van der Waals surface area contributed by atoms with E-state index in [0.29, 0.717) is 54.8 Å². The normalized spacial score (nSPS) is 18.4. The summed E-state index contributed by atoms with van der Waals surface area (Å²) in [5, 5.41) is 3.66. The second-order valence-corrected chi connectivity index (χ2v) is 9.34. The third-order valence-corrected chi connectivity index (χ3v) is 6.85. The highest BCUT2D eigenvalue weighted by atomic mass is 35.5. The van der Waals surface area contributed by atoms with E-state index in [4.69, 9.17) is 27.9 Å². The molecule has 2 rings (SSSR count). The van der Waals surface area contributed by atoms with Crippen LogP contribution in [-0.2, 0) is 25.3 Å². The molecule has 0 saturated carbocycles. The molecule has 1 amide bonds. The molecule has 1 unspecified atom stereocenters. The molecule has 1 aliphatic heterocycles. The SMILES string of the molecule is CCOCCCNC(=O)C1CCCN(S(=O)(=O)Cc2ccc(Cl)cc2Cl)C1. The highest BCUT2D eigenvalue weighted by molar-refractivity contribution is 7.88. The fourth-order valence-corrected chi connectivity index (χ4v) is 5.21. The maximum atomic E-state index is 12.8. The van der Waals surface area contributed by atoms with Crippen molar-refractivity contribution in [2.75, 3.05) is 32.8 Å². The van der Waals surface area contributed by atoms with Crippen molar-refractivity contribution in [2.24, 2.45) is 5.92 Å². The summed E-state index contributed by atoms with van der Waals surface area (Å²) in [7, 11) is -3.56. The summed E-state index contributed by atoms with van der Waals surface area (Å²) in [5.74, 6) is -0.636. The molecule has 1 N–H and O–H groups in total. The van der Waals surface area contributed by atoms with Crippen molar-refractivity contribution >= 4 is 39.1 Å². The van der Waals surface area contributed by atoms with E-state index in [1.165, 1.54) is 10.4 Å². The van der Waals surface area contributed by atoms with Crippen molar-refractivity contribution in [3.05, 3.63) is 33.8 Å². The van der Waals surface area contributed by atoms with Gasteiger partial charge >= 0.3 is 0 Å². The zero-order valence-electron chi connectivity index (χ0n) is 15.4. The number of carbonyl (C=O) groups excluding carboxylic acids is 1. The van der Waals surface area contributed by atoms with E-state index in [2.05, 4.69) is 5.32 Å². The number of rotatable bonds is 9. The Morgan fingerprint density at radius 3 is 2.85 bits per heavy atom. The lowest BCUT2D eigenvalue weighted by molar-refractivity contribution is -0.126. The minimum atomic E-state index is -3.56. The van der Waals surface area contributed by atoms with Crippen LogP contribution in [0.3, 0.4) is 0 Å². The Balaban J connectivity index is 1.92.